The predicted octanol–water partition coefficient (Wildman–Crippen LogP) is 2.28. The number of fused-ring (bicyclic) bond motifs is 2. The number of para-hydroxylation sites is 1. The molecular weight excluding hydrogens is 226 g/mol. The van der Waals surface area contributed by atoms with Gasteiger partial charge in [0.2, 0.25) is 0 Å². The first kappa shape index (κ1) is 9.48. The smallest absolute Gasteiger partial charge is 0.185 e. The van der Waals surface area contributed by atoms with Crippen LogP contribution in [0.2, 0.25) is 0 Å². The zero-order chi connectivity index (χ0) is 10.4. The molecule has 1 aromatic carbocycles. The van der Waals surface area contributed by atoms with Crippen LogP contribution in [0.1, 0.15) is 5.56 Å². The van der Waals surface area contributed by atoms with E-state index in [1.807, 2.05) is 19.2 Å². The molecule has 3 rings (SSSR count). The van der Waals surface area contributed by atoms with Gasteiger partial charge in [0.1, 0.15) is 10.1 Å². The van der Waals surface area contributed by atoms with Gasteiger partial charge >= 0.3 is 0 Å². The largest absolute Gasteiger partial charge is 0.469 e. The molecule has 0 aromatic heterocycles. The number of benzene rings is 1. The van der Waals surface area contributed by atoms with Crippen LogP contribution < -0.4 is 4.74 Å². The topological polar surface area (TPSA) is 12.5 Å². The van der Waals surface area contributed by atoms with Gasteiger partial charge in [0.15, 0.2) is 6.23 Å². The molecule has 2 aliphatic rings. The quantitative estimate of drug-likeness (QED) is 0.641. The van der Waals surface area contributed by atoms with E-state index in [9.17, 15) is 0 Å². The molecular formula is C11H11NOS2. The second-order valence-corrected chi connectivity index (χ2v) is 5.73. The predicted molar refractivity (Wildman–Crippen MR) is 66.3 cm³/mol. The van der Waals surface area contributed by atoms with Gasteiger partial charge in [0.05, 0.1) is 5.25 Å². The van der Waals surface area contributed by atoms with Gasteiger partial charge in [0, 0.05) is 7.05 Å². The van der Waals surface area contributed by atoms with Crippen molar-refractivity contribution in [1.29, 1.82) is 0 Å². The van der Waals surface area contributed by atoms with Crippen LogP contribution in [0.3, 0.4) is 0 Å². The van der Waals surface area contributed by atoms with E-state index in [-0.39, 0.29) is 6.23 Å². The minimum atomic E-state index is 0.123. The van der Waals surface area contributed by atoms with E-state index >= 15 is 0 Å². The number of hydrogen-bond acceptors (Lipinski definition) is 3. The summed E-state index contributed by atoms with van der Waals surface area (Å²) in [5.41, 5.74) is 1.30. The molecule has 78 valence electrons. The summed E-state index contributed by atoms with van der Waals surface area (Å²) in [6.07, 6.45) is 1.17. The van der Waals surface area contributed by atoms with Gasteiger partial charge in [-0.2, -0.15) is 0 Å². The van der Waals surface area contributed by atoms with Crippen LogP contribution in [-0.2, 0) is 6.42 Å². The normalized spacial score (nSPS) is 28.3. The third-order valence-corrected chi connectivity index (χ3v) is 4.65. The molecule has 1 aromatic rings. The zero-order valence-corrected chi connectivity index (χ0v) is 9.98. The highest BCUT2D eigenvalue weighted by molar-refractivity contribution is 8.23. The summed E-state index contributed by atoms with van der Waals surface area (Å²) in [6, 6.07) is 8.24. The summed E-state index contributed by atoms with van der Waals surface area (Å²) < 4.78 is 6.90. The third-order valence-electron chi connectivity index (χ3n) is 2.88. The molecule has 2 nitrogen and oxygen atoms in total. The molecule has 2 atom stereocenters. The molecule has 2 aliphatic heterocycles. The molecule has 0 unspecified atom stereocenters. The summed E-state index contributed by atoms with van der Waals surface area (Å²) in [7, 11) is 2.01. The van der Waals surface area contributed by atoms with Crippen molar-refractivity contribution in [2.24, 2.45) is 0 Å². The number of nitrogens with zero attached hydrogens (tertiary/aromatic N) is 1. The lowest BCUT2D eigenvalue weighted by Crippen LogP contribution is -2.41. The summed E-state index contributed by atoms with van der Waals surface area (Å²) in [5, 5.41) is 0.456. The van der Waals surface area contributed by atoms with Crippen LogP contribution in [0.5, 0.6) is 5.75 Å². The van der Waals surface area contributed by atoms with E-state index in [4.69, 9.17) is 17.0 Å². The molecule has 0 radical (unpaired) electrons. The van der Waals surface area contributed by atoms with Gasteiger partial charge in [0.25, 0.3) is 0 Å². The Hall–Kier alpha value is -0.740. The highest BCUT2D eigenvalue weighted by Gasteiger charge is 2.41. The summed E-state index contributed by atoms with van der Waals surface area (Å²) >= 11 is 7.03. The first-order chi connectivity index (χ1) is 7.25. The molecule has 0 amide bonds. The van der Waals surface area contributed by atoms with Crippen LogP contribution in [0.25, 0.3) is 0 Å². The highest BCUT2D eigenvalue weighted by Crippen LogP contribution is 2.39. The maximum Gasteiger partial charge on any atom is 0.185 e. The van der Waals surface area contributed by atoms with Crippen LogP contribution >= 0.6 is 24.0 Å². The summed E-state index contributed by atoms with van der Waals surface area (Å²) in [5.74, 6) is 1.01. The van der Waals surface area contributed by atoms with Crippen LogP contribution in [-0.4, -0.2) is 27.7 Å². The van der Waals surface area contributed by atoms with Crippen molar-refractivity contribution < 1.29 is 4.74 Å². The van der Waals surface area contributed by atoms with Crippen molar-refractivity contribution >= 4 is 28.3 Å². The Morgan fingerprint density at radius 3 is 3.13 bits per heavy atom. The molecule has 15 heavy (non-hydrogen) atoms. The molecule has 2 heterocycles. The summed E-state index contributed by atoms with van der Waals surface area (Å²) in [6.45, 7) is 0. The number of hydrogen-bond donors (Lipinski definition) is 0. The average molecular weight is 237 g/mol. The van der Waals surface area contributed by atoms with Crippen molar-refractivity contribution in [2.45, 2.75) is 17.9 Å². The van der Waals surface area contributed by atoms with Crippen molar-refractivity contribution in [3.63, 3.8) is 0 Å². The molecule has 0 bridgehead atoms. The summed E-state index contributed by atoms with van der Waals surface area (Å²) in [4.78, 5) is 2.06. The van der Waals surface area contributed by atoms with Gasteiger partial charge in [-0.1, -0.05) is 42.2 Å². The minimum Gasteiger partial charge on any atom is -0.469 e. The maximum absolute atomic E-state index is 5.96. The fourth-order valence-corrected chi connectivity index (χ4v) is 3.68. The Morgan fingerprint density at radius 1 is 1.47 bits per heavy atom. The van der Waals surface area contributed by atoms with Crippen molar-refractivity contribution in [3.05, 3.63) is 29.8 Å². The molecule has 0 aliphatic carbocycles. The molecule has 0 saturated carbocycles. The van der Waals surface area contributed by atoms with Gasteiger partial charge in [-0.15, -0.1) is 0 Å². The fraction of sp³-hybridized carbons (Fsp3) is 0.364. The number of thiocarbonyl (C=S) groups is 1. The van der Waals surface area contributed by atoms with Crippen LogP contribution in [0, 0.1) is 0 Å². The van der Waals surface area contributed by atoms with E-state index in [0.29, 0.717) is 5.25 Å². The second-order valence-electron chi connectivity index (χ2n) is 3.85. The Bertz CT molecular complexity index is 421. The van der Waals surface area contributed by atoms with Crippen LogP contribution in [0.4, 0.5) is 0 Å². The first-order valence-electron chi connectivity index (χ1n) is 4.94. The van der Waals surface area contributed by atoms with Crippen molar-refractivity contribution in [2.75, 3.05) is 7.05 Å². The lowest BCUT2D eigenvalue weighted by molar-refractivity contribution is 0.0896. The van der Waals surface area contributed by atoms with Gasteiger partial charge in [-0.25, -0.2) is 0 Å². The highest BCUT2D eigenvalue weighted by atomic mass is 32.2. The Balaban J connectivity index is 1.96. The number of rotatable bonds is 0. The molecule has 4 heteroatoms. The minimum absolute atomic E-state index is 0.123. The van der Waals surface area contributed by atoms with E-state index in [1.165, 1.54) is 5.56 Å². The molecule has 0 spiro atoms. The van der Waals surface area contributed by atoms with E-state index in [1.54, 1.807) is 11.8 Å². The Labute approximate surface area is 98.6 Å². The SMILES string of the molecule is CN1C(=S)S[C@@H]2Cc3ccccc3O[C@@H]21. The van der Waals surface area contributed by atoms with E-state index < -0.39 is 0 Å². The van der Waals surface area contributed by atoms with Gasteiger partial charge in [-0.05, 0) is 18.1 Å². The van der Waals surface area contributed by atoms with Gasteiger partial charge < -0.3 is 9.64 Å². The van der Waals surface area contributed by atoms with Crippen molar-refractivity contribution in [3.8, 4) is 5.75 Å². The van der Waals surface area contributed by atoms with Gasteiger partial charge in [-0.3, -0.25) is 0 Å². The van der Waals surface area contributed by atoms with Crippen molar-refractivity contribution in [1.82, 2.24) is 4.90 Å². The molecule has 1 saturated heterocycles. The van der Waals surface area contributed by atoms with E-state index in [2.05, 4.69) is 17.0 Å². The average Bonchev–Trinajstić information content (AvgIpc) is 2.52. The van der Waals surface area contributed by atoms with Crippen LogP contribution in [0.15, 0.2) is 24.3 Å². The number of ether oxygens (including phenoxy) is 1. The molecule has 0 N–H and O–H groups in total. The zero-order valence-electron chi connectivity index (χ0n) is 8.34. The Morgan fingerprint density at radius 2 is 2.27 bits per heavy atom. The molecule has 1 fully saturated rings. The lowest BCUT2D eigenvalue weighted by Gasteiger charge is -2.30. The Kier molecular flexibility index (Phi) is 2.14. The van der Waals surface area contributed by atoms with E-state index in [0.717, 1.165) is 16.5 Å². The number of thioether (sulfide) groups is 1. The maximum atomic E-state index is 5.96. The standard InChI is InChI=1S/C11H11NOS2/c1-12-10-9(15-11(12)14)6-7-4-2-3-5-8(7)13-10/h2-5,9-10H,6H2,1H3/t9-,10+/m1/s1. The second kappa shape index (κ2) is 3.39. The first-order valence-corrected chi connectivity index (χ1v) is 6.22. The third kappa shape index (κ3) is 1.43. The lowest BCUT2D eigenvalue weighted by atomic mass is 10.0. The fourth-order valence-electron chi connectivity index (χ4n) is 2.06. The monoisotopic (exact) mass is 237 g/mol.